The maximum absolute atomic E-state index is 9.31. The summed E-state index contributed by atoms with van der Waals surface area (Å²) in [5, 5.41) is 9.31. The molecule has 1 radical (unpaired) electrons. The van der Waals surface area contributed by atoms with Crippen molar-refractivity contribution in [1.82, 2.24) is 0 Å². The number of hydrogen-bond donors (Lipinski definition) is 1. The zero-order valence-corrected chi connectivity index (χ0v) is 12.5. The molecular weight excluding hydrogens is 532 g/mol. The van der Waals surface area contributed by atoms with Gasteiger partial charge in [-0.05, 0) is 79.9 Å². The Morgan fingerprint density at radius 2 is 1.36 bits per heavy atom. The second-order valence-electron chi connectivity index (χ2n) is 1.72. The summed E-state index contributed by atoms with van der Waals surface area (Å²) in [6.07, 6.45) is 0. The van der Waals surface area contributed by atoms with Crippen LogP contribution in [0.1, 0.15) is 0 Å². The summed E-state index contributed by atoms with van der Waals surface area (Å²) in [7, 11) is 0. The SMILES string of the molecule is Oc1c(I)cc(I)cc1I.[Cu+2]. The second-order valence-corrected chi connectivity index (χ2v) is 5.29. The van der Waals surface area contributed by atoms with Crippen molar-refractivity contribution >= 4 is 67.8 Å². The van der Waals surface area contributed by atoms with Gasteiger partial charge in [-0.2, -0.15) is 0 Å². The first-order valence-electron chi connectivity index (χ1n) is 2.45. The van der Waals surface area contributed by atoms with Gasteiger partial charge in [-0.25, -0.2) is 0 Å². The van der Waals surface area contributed by atoms with Gasteiger partial charge in [0, 0.05) is 3.57 Å². The molecule has 5 heteroatoms. The molecule has 11 heavy (non-hydrogen) atoms. The number of phenols is 1. The Bertz CT molecular complexity index is 241. The van der Waals surface area contributed by atoms with Crippen molar-refractivity contribution in [1.29, 1.82) is 0 Å². The zero-order valence-electron chi connectivity index (χ0n) is 5.04. The van der Waals surface area contributed by atoms with Crippen LogP contribution in [0.15, 0.2) is 12.1 Å². The summed E-state index contributed by atoms with van der Waals surface area (Å²) in [5.74, 6) is 0.390. The summed E-state index contributed by atoms with van der Waals surface area (Å²) >= 11 is 6.46. The molecule has 0 amide bonds. The number of phenolic OH excluding ortho intramolecular Hbond substituents is 1. The molecule has 0 spiro atoms. The Balaban J connectivity index is 0.000001000. The molecular formula is C6H3CuI3O+2. The van der Waals surface area contributed by atoms with Crippen LogP contribution in [0.25, 0.3) is 0 Å². The molecule has 0 fully saturated rings. The van der Waals surface area contributed by atoms with Crippen LogP contribution >= 0.6 is 67.8 Å². The largest absolute Gasteiger partial charge is 2.00 e. The van der Waals surface area contributed by atoms with Crippen LogP contribution in [0.5, 0.6) is 5.75 Å². The minimum absolute atomic E-state index is 0. The summed E-state index contributed by atoms with van der Waals surface area (Å²) in [6.45, 7) is 0. The number of benzene rings is 1. The van der Waals surface area contributed by atoms with Gasteiger partial charge in [0.05, 0.1) is 7.14 Å². The van der Waals surface area contributed by atoms with Crippen molar-refractivity contribution in [2.45, 2.75) is 0 Å². The van der Waals surface area contributed by atoms with E-state index >= 15 is 0 Å². The van der Waals surface area contributed by atoms with E-state index in [0.717, 1.165) is 10.7 Å². The molecule has 0 bridgehead atoms. The van der Waals surface area contributed by atoms with Crippen LogP contribution in [0, 0.1) is 10.7 Å². The van der Waals surface area contributed by atoms with Crippen LogP contribution in [0.3, 0.4) is 0 Å². The molecule has 0 aliphatic rings. The van der Waals surface area contributed by atoms with Crippen molar-refractivity contribution in [3.8, 4) is 5.75 Å². The first-order valence-corrected chi connectivity index (χ1v) is 5.68. The molecule has 0 aromatic heterocycles. The third-order valence-electron chi connectivity index (χ3n) is 0.982. The zero-order chi connectivity index (χ0) is 7.72. The Morgan fingerprint density at radius 3 is 1.73 bits per heavy atom. The summed E-state index contributed by atoms with van der Waals surface area (Å²) in [6, 6.07) is 3.89. The smallest absolute Gasteiger partial charge is 0.506 e. The van der Waals surface area contributed by atoms with Crippen molar-refractivity contribution in [2.24, 2.45) is 0 Å². The van der Waals surface area contributed by atoms with Gasteiger partial charge in [-0.3, -0.25) is 0 Å². The third-order valence-corrected chi connectivity index (χ3v) is 3.25. The van der Waals surface area contributed by atoms with E-state index in [4.69, 9.17) is 0 Å². The molecule has 1 rings (SSSR count). The van der Waals surface area contributed by atoms with Crippen LogP contribution in [0.2, 0.25) is 0 Å². The second kappa shape index (κ2) is 5.46. The fourth-order valence-electron chi connectivity index (χ4n) is 0.535. The third kappa shape index (κ3) is 3.53. The van der Waals surface area contributed by atoms with E-state index in [-0.39, 0.29) is 17.1 Å². The van der Waals surface area contributed by atoms with E-state index in [9.17, 15) is 5.11 Å². The molecule has 63 valence electrons. The number of aromatic hydroxyl groups is 1. The summed E-state index contributed by atoms with van der Waals surface area (Å²) in [4.78, 5) is 0. The fourth-order valence-corrected chi connectivity index (χ4v) is 4.12. The molecule has 0 saturated heterocycles. The van der Waals surface area contributed by atoms with E-state index in [2.05, 4.69) is 67.8 Å². The average molecular weight is 535 g/mol. The van der Waals surface area contributed by atoms with Gasteiger partial charge in [0.2, 0.25) is 0 Å². The number of hydrogen-bond acceptors (Lipinski definition) is 1. The van der Waals surface area contributed by atoms with Crippen LogP contribution in [-0.2, 0) is 17.1 Å². The van der Waals surface area contributed by atoms with Crippen LogP contribution in [0.4, 0.5) is 0 Å². The van der Waals surface area contributed by atoms with Gasteiger partial charge in [-0.1, -0.05) is 0 Å². The van der Waals surface area contributed by atoms with Gasteiger partial charge < -0.3 is 5.11 Å². The maximum atomic E-state index is 9.31. The molecule has 1 nitrogen and oxygen atoms in total. The molecule has 1 aromatic rings. The minimum Gasteiger partial charge on any atom is -0.506 e. The van der Waals surface area contributed by atoms with Gasteiger partial charge in [0.15, 0.2) is 0 Å². The molecule has 0 heterocycles. The molecule has 0 atom stereocenters. The Labute approximate surface area is 117 Å². The van der Waals surface area contributed by atoms with Gasteiger partial charge in [-0.15, -0.1) is 0 Å². The van der Waals surface area contributed by atoms with E-state index in [1.807, 2.05) is 12.1 Å². The number of halogens is 3. The molecule has 0 saturated carbocycles. The van der Waals surface area contributed by atoms with Crippen molar-refractivity contribution in [2.75, 3.05) is 0 Å². The van der Waals surface area contributed by atoms with E-state index < -0.39 is 0 Å². The molecule has 0 aliphatic heterocycles. The normalized spacial score (nSPS) is 9.00. The molecule has 0 unspecified atom stereocenters. The maximum Gasteiger partial charge on any atom is 2.00 e. The van der Waals surface area contributed by atoms with Gasteiger partial charge in [0.1, 0.15) is 5.75 Å². The van der Waals surface area contributed by atoms with E-state index in [1.165, 1.54) is 0 Å². The van der Waals surface area contributed by atoms with Gasteiger partial charge in [0.25, 0.3) is 0 Å². The standard InChI is InChI=1S/C6H3I3O.Cu/c7-3-1-4(8)6(10)5(9)2-3;/h1-2,10H;/q;+2. The monoisotopic (exact) mass is 535 g/mol. The Kier molecular flexibility index (Phi) is 6.32. The fraction of sp³-hybridized carbons (Fsp3) is 0. The predicted octanol–water partition coefficient (Wildman–Crippen LogP) is 3.20. The first kappa shape index (κ1) is 12.7. The predicted molar refractivity (Wildman–Crippen MR) is 66.3 cm³/mol. The van der Waals surface area contributed by atoms with Crippen LogP contribution < -0.4 is 0 Å². The molecule has 1 aromatic carbocycles. The van der Waals surface area contributed by atoms with Crippen molar-refractivity contribution in [3.05, 3.63) is 22.8 Å². The van der Waals surface area contributed by atoms with Crippen molar-refractivity contribution < 1.29 is 22.2 Å². The van der Waals surface area contributed by atoms with Gasteiger partial charge >= 0.3 is 17.1 Å². The van der Waals surface area contributed by atoms with E-state index in [1.54, 1.807) is 0 Å². The Hall–Kier alpha value is 1.73. The van der Waals surface area contributed by atoms with Crippen molar-refractivity contribution in [3.63, 3.8) is 0 Å². The quantitative estimate of drug-likeness (QED) is 0.400. The first-order chi connectivity index (χ1) is 4.61. The number of rotatable bonds is 0. The Morgan fingerprint density at radius 1 is 1.00 bits per heavy atom. The van der Waals surface area contributed by atoms with E-state index in [0.29, 0.717) is 5.75 Å². The summed E-state index contributed by atoms with van der Waals surface area (Å²) in [5.41, 5.74) is 0. The molecule has 1 N–H and O–H groups in total. The summed E-state index contributed by atoms with van der Waals surface area (Å²) < 4.78 is 2.98. The average Bonchev–Trinajstić information content (AvgIpc) is 1.82. The topological polar surface area (TPSA) is 20.2 Å². The van der Waals surface area contributed by atoms with Crippen LogP contribution in [-0.4, -0.2) is 5.11 Å². The minimum atomic E-state index is 0. The molecule has 0 aliphatic carbocycles.